The molecule has 0 aliphatic rings. The summed E-state index contributed by atoms with van der Waals surface area (Å²) in [5.41, 5.74) is 5.78. The smallest absolute Gasteiger partial charge is 0.148 e. The number of rotatable bonds is 1. The van der Waals surface area contributed by atoms with Crippen LogP contribution in [-0.2, 0) is 0 Å². The normalized spacial score (nSPS) is 9.64. The first-order valence-electron chi connectivity index (χ1n) is 2.73. The summed E-state index contributed by atoms with van der Waals surface area (Å²) in [5.74, 6) is 0. The van der Waals surface area contributed by atoms with Crippen LogP contribution in [0.2, 0.25) is 10.2 Å². The van der Waals surface area contributed by atoms with E-state index in [0.717, 1.165) is 0 Å². The van der Waals surface area contributed by atoms with E-state index in [9.17, 15) is 0 Å². The maximum atomic E-state index is 5.61. The van der Waals surface area contributed by atoms with Gasteiger partial charge in [-0.25, -0.2) is 4.98 Å². The number of nitrogens with zero attached hydrogens (tertiary/aromatic N) is 1. The Morgan fingerprint density at radius 1 is 1.45 bits per heavy atom. The van der Waals surface area contributed by atoms with Gasteiger partial charge < -0.3 is 5.73 Å². The third kappa shape index (κ3) is 2.02. The van der Waals surface area contributed by atoms with Gasteiger partial charge in [0.1, 0.15) is 10.1 Å². The van der Waals surface area contributed by atoms with Crippen LogP contribution < -0.4 is 5.73 Å². The van der Waals surface area contributed by atoms with E-state index >= 15 is 0 Å². The number of thiocarbonyl (C=S) groups is 1. The average Bonchev–Trinajstić information content (AvgIpc) is 1.94. The summed E-state index contributed by atoms with van der Waals surface area (Å²) in [6.45, 7) is 0. The molecule has 1 rings (SSSR count). The molecule has 0 unspecified atom stereocenters. The van der Waals surface area contributed by atoms with Gasteiger partial charge in [0.15, 0.2) is 0 Å². The molecular weight excluding hydrogens is 203 g/mol. The zero-order chi connectivity index (χ0) is 8.43. The van der Waals surface area contributed by atoms with Crippen LogP contribution in [0.15, 0.2) is 12.1 Å². The van der Waals surface area contributed by atoms with E-state index in [1.54, 1.807) is 12.1 Å². The molecule has 0 aliphatic carbocycles. The Labute approximate surface area is 79.3 Å². The van der Waals surface area contributed by atoms with E-state index in [-0.39, 0.29) is 10.1 Å². The quantitative estimate of drug-likeness (QED) is 0.565. The third-order valence-corrected chi connectivity index (χ3v) is 1.95. The lowest BCUT2D eigenvalue weighted by Gasteiger charge is -1.98. The fourth-order valence-electron chi connectivity index (χ4n) is 0.555. The predicted molar refractivity (Wildman–Crippen MR) is 50.1 cm³/mol. The van der Waals surface area contributed by atoms with Crippen LogP contribution in [0.25, 0.3) is 0 Å². The highest BCUT2D eigenvalue weighted by Gasteiger charge is 2.01. The monoisotopic (exact) mass is 206 g/mol. The number of aromatic nitrogens is 1. The van der Waals surface area contributed by atoms with Crippen molar-refractivity contribution in [3.8, 4) is 0 Å². The van der Waals surface area contributed by atoms with Gasteiger partial charge in [-0.15, -0.1) is 0 Å². The second-order valence-electron chi connectivity index (χ2n) is 1.83. The van der Waals surface area contributed by atoms with Crippen LogP contribution in [0.4, 0.5) is 0 Å². The van der Waals surface area contributed by atoms with Gasteiger partial charge in [0, 0.05) is 0 Å². The summed E-state index contributed by atoms with van der Waals surface area (Å²) in [5, 5.41) is 0.614. The Hall–Kier alpha value is -0.380. The second kappa shape index (κ2) is 3.34. The molecule has 0 bridgehead atoms. The van der Waals surface area contributed by atoms with E-state index in [0.29, 0.717) is 10.7 Å². The summed E-state index contributed by atoms with van der Waals surface area (Å²) >= 11 is 15.9. The van der Waals surface area contributed by atoms with Crippen molar-refractivity contribution in [3.05, 3.63) is 28.0 Å². The van der Waals surface area contributed by atoms with E-state index in [1.807, 2.05) is 0 Å². The number of halogens is 2. The Kier molecular flexibility index (Phi) is 2.65. The Morgan fingerprint density at radius 3 is 2.55 bits per heavy atom. The van der Waals surface area contributed by atoms with Crippen LogP contribution >= 0.6 is 35.4 Å². The van der Waals surface area contributed by atoms with Gasteiger partial charge in [0.05, 0.1) is 10.7 Å². The molecule has 2 nitrogen and oxygen atoms in total. The SMILES string of the molecule is NC(=S)c1ccc(Cl)c(Cl)n1. The number of pyridine rings is 1. The summed E-state index contributed by atoms with van der Waals surface area (Å²) < 4.78 is 0. The van der Waals surface area contributed by atoms with Crippen LogP contribution in [0.3, 0.4) is 0 Å². The van der Waals surface area contributed by atoms with Crippen molar-refractivity contribution < 1.29 is 0 Å². The molecule has 5 heteroatoms. The topological polar surface area (TPSA) is 38.9 Å². The van der Waals surface area contributed by atoms with Gasteiger partial charge in [-0.1, -0.05) is 35.4 Å². The highest BCUT2D eigenvalue weighted by molar-refractivity contribution is 7.80. The van der Waals surface area contributed by atoms with Crippen molar-refractivity contribution in [2.75, 3.05) is 0 Å². The summed E-state index contributed by atoms with van der Waals surface area (Å²) in [7, 11) is 0. The van der Waals surface area contributed by atoms with Gasteiger partial charge >= 0.3 is 0 Å². The van der Waals surface area contributed by atoms with Gasteiger partial charge in [-0.2, -0.15) is 0 Å². The predicted octanol–water partition coefficient (Wildman–Crippen LogP) is 2.02. The molecule has 0 aliphatic heterocycles. The highest BCUT2D eigenvalue weighted by Crippen LogP contribution is 2.18. The first-order chi connectivity index (χ1) is 5.11. The van der Waals surface area contributed by atoms with Crippen LogP contribution in [0, 0.1) is 0 Å². The number of nitrogens with two attached hydrogens (primary N) is 1. The van der Waals surface area contributed by atoms with Crippen molar-refractivity contribution >= 4 is 40.4 Å². The highest BCUT2D eigenvalue weighted by atomic mass is 35.5. The van der Waals surface area contributed by atoms with Gasteiger partial charge in [-0.05, 0) is 12.1 Å². The molecule has 1 aromatic heterocycles. The van der Waals surface area contributed by atoms with Crippen molar-refractivity contribution in [1.82, 2.24) is 4.98 Å². The molecule has 0 radical (unpaired) electrons. The molecule has 1 heterocycles. The lowest BCUT2D eigenvalue weighted by atomic mass is 10.3. The zero-order valence-electron chi connectivity index (χ0n) is 5.34. The summed E-state index contributed by atoms with van der Waals surface area (Å²) in [6.07, 6.45) is 0. The Balaban J connectivity index is 3.15. The maximum absolute atomic E-state index is 5.61. The Morgan fingerprint density at radius 2 is 2.09 bits per heavy atom. The van der Waals surface area contributed by atoms with Gasteiger partial charge in [0.2, 0.25) is 0 Å². The minimum absolute atomic E-state index is 0.212. The molecule has 1 aromatic rings. The third-order valence-electron chi connectivity index (χ3n) is 1.06. The number of hydrogen-bond acceptors (Lipinski definition) is 2. The molecule has 2 N–H and O–H groups in total. The molecule has 0 spiro atoms. The van der Waals surface area contributed by atoms with Crippen molar-refractivity contribution in [2.24, 2.45) is 5.73 Å². The molecule has 58 valence electrons. The minimum atomic E-state index is 0.212. The minimum Gasteiger partial charge on any atom is -0.388 e. The standard InChI is InChI=1S/C6H4Cl2N2S/c7-3-1-2-4(6(9)11)10-5(3)8/h1-2H,(H2,9,11). The summed E-state index contributed by atoms with van der Waals surface area (Å²) in [6, 6.07) is 3.22. The van der Waals surface area contributed by atoms with E-state index in [4.69, 9.17) is 28.9 Å². The van der Waals surface area contributed by atoms with Crippen LogP contribution in [-0.4, -0.2) is 9.97 Å². The molecule has 11 heavy (non-hydrogen) atoms. The fourth-order valence-corrected chi connectivity index (χ4v) is 0.927. The van der Waals surface area contributed by atoms with E-state index < -0.39 is 0 Å². The molecule has 0 atom stereocenters. The fraction of sp³-hybridized carbons (Fsp3) is 0. The van der Waals surface area contributed by atoms with Crippen LogP contribution in [0.5, 0.6) is 0 Å². The van der Waals surface area contributed by atoms with Gasteiger partial charge in [-0.3, -0.25) is 0 Å². The first kappa shape index (κ1) is 8.71. The largest absolute Gasteiger partial charge is 0.388 e. The first-order valence-corrected chi connectivity index (χ1v) is 3.89. The van der Waals surface area contributed by atoms with E-state index in [2.05, 4.69) is 17.2 Å². The number of hydrogen-bond donors (Lipinski definition) is 1. The van der Waals surface area contributed by atoms with Crippen molar-refractivity contribution in [3.63, 3.8) is 0 Å². The molecule has 0 fully saturated rings. The summed E-state index contributed by atoms with van der Waals surface area (Å²) in [4.78, 5) is 4.05. The zero-order valence-corrected chi connectivity index (χ0v) is 7.67. The lowest BCUT2D eigenvalue weighted by molar-refractivity contribution is 1.29. The van der Waals surface area contributed by atoms with Crippen LogP contribution in [0.1, 0.15) is 5.69 Å². The molecule has 0 aromatic carbocycles. The van der Waals surface area contributed by atoms with E-state index in [1.165, 1.54) is 0 Å². The van der Waals surface area contributed by atoms with Crippen molar-refractivity contribution in [1.29, 1.82) is 0 Å². The molecule has 0 amide bonds. The second-order valence-corrected chi connectivity index (χ2v) is 3.04. The lowest BCUT2D eigenvalue weighted by Crippen LogP contribution is -2.11. The Bertz CT molecular complexity index is 301. The van der Waals surface area contributed by atoms with Gasteiger partial charge in [0.25, 0.3) is 0 Å². The average molecular weight is 207 g/mol. The van der Waals surface area contributed by atoms with Crippen molar-refractivity contribution in [2.45, 2.75) is 0 Å². The molecule has 0 saturated carbocycles. The maximum Gasteiger partial charge on any atom is 0.148 e. The molecule has 0 saturated heterocycles. The molecular formula is C6H4Cl2N2S.